The van der Waals surface area contributed by atoms with Crippen molar-refractivity contribution >= 4 is 5.91 Å². The number of aryl methyl sites for hydroxylation is 1. The molecule has 6 heteroatoms. The van der Waals surface area contributed by atoms with E-state index in [0.717, 1.165) is 12.8 Å². The highest BCUT2D eigenvalue weighted by Crippen LogP contribution is 2.37. The molecule has 0 spiro atoms. The third-order valence-corrected chi connectivity index (χ3v) is 2.99. The Morgan fingerprint density at radius 1 is 1.53 bits per heavy atom. The molecular weight excluding hydrogens is 246 g/mol. The number of carbonyl (C=O) groups is 1. The summed E-state index contributed by atoms with van der Waals surface area (Å²) in [4.78, 5) is 30.8. The Hall–Kier alpha value is -1.69. The first kappa shape index (κ1) is 13.7. The maximum Gasteiger partial charge on any atom is 0.264 e. The van der Waals surface area contributed by atoms with Gasteiger partial charge in [0, 0.05) is 12.5 Å². The quantitative estimate of drug-likeness (QED) is 0.737. The van der Waals surface area contributed by atoms with Gasteiger partial charge in [-0.2, -0.15) is 0 Å². The van der Waals surface area contributed by atoms with Crippen LogP contribution in [0.15, 0.2) is 4.79 Å². The number of hydrogen-bond donors (Lipinski definition) is 3. The van der Waals surface area contributed by atoms with Crippen LogP contribution in [0.25, 0.3) is 0 Å². The molecule has 1 amide bonds. The molecule has 19 heavy (non-hydrogen) atoms. The lowest BCUT2D eigenvalue weighted by Crippen LogP contribution is -2.40. The zero-order chi connectivity index (χ0) is 14.2. The monoisotopic (exact) mass is 265 g/mol. The second-order valence-corrected chi connectivity index (χ2v) is 5.68. The SMILES string of the molecule is Cc1nc(C2CC2)[nH]c(=O)c1C(=O)NCC(C)(C)O. The molecule has 1 fully saturated rings. The summed E-state index contributed by atoms with van der Waals surface area (Å²) < 4.78 is 0. The molecule has 2 rings (SSSR count). The second-order valence-electron chi connectivity index (χ2n) is 5.68. The molecule has 0 unspecified atom stereocenters. The van der Waals surface area contributed by atoms with Crippen LogP contribution in [0.5, 0.6) is 0 Å². The summed E-state index contributed by atoms with van der Waals surface area (Å²) in [5.74, 6) is 0.497. The van der Waals surface area contributed by atoms with Gasteiger partial charge in [-0.25, -0.2) is 4.98 Å². The summed E-state index contributed by atoms with van der Waals surface area (Å²) >= 11 is 0. The van der Waals surface area contributed by atoms with E-state index in [-0.39, 0.29) is 12.1 Å². The zero-order valence-electron chi connectivity index (χ0n) is 11.4. The lowest BCUT2D eigenvalue weighted by atomic mass is 10.1. The molecule has 1 heterocycles. The second kappa shape index (κ2) is 4.77. The molecule has 1 aromatic rings. The Labute approximate surface area is 111 Å². The van der Waals surface area contributed by atoms with Crippen LogP contribution in [0.1, 0.15) is 54.5 Å². The van der Waals surface area contributed by atoms with Crippen LogP contribution in [0.3, 0.4) is 0 Å². The van der Waals surface area contributed by atoms with Gasteiger partial charge in [0.05, 0.1) is 11.3 Å². The van der Waals surface area contributed by atoms with Gasteiger partial charge in [-0.3, -0.25) is 9.59 Å². The van der Waals surface area contributed by atoms with E-state index in [1.807, 2.05) is 0 Å². The molecule has 0 saturated heterocycles. The van der Waals surface area contributed by atoms with E-state index in [0.29, 0.717) is 17.4 Å². The van der Waals surface area contributed by atoms with E-state index < -0.39 is 17.1 Å². The molecule has 1 aliphatic carbocycles. The zero-order valence-corrected chi connectivity index (χ0v) is 11.4. The van der Waals surface area contributed by atoms with Crippen LogP contribution in [0, 0.1) is 6.92 Å². The van der Waals surface area contributed by atoms with Gasteiger partial charge in [-0.05, 0) is 33.6 Å². The third kappa shape index (κ3) is 3.41. The fraction of sp³-hybridized carbons (Fsp3) is 0.615. The van der Waals surface area contributed by atoms with Crippen molar-refractivity contribution in [1.29, 1.82) is 0 Å². The van der Waals surface area contributed by atoms with Gasteiger partial charge in [-0.1, -0.05) is 0 Å². The van der Waals surface area contributed by atoms with E-state index in [1.54, 1.807) is 20.8 Å². The molecule has 3 N–H and O–H groups in total. The van der Waals surface area contributed by atoms with E-state index >= 15 is 0 Å². The number of hydrogen-bond acceptors (Lipinski definition) is 4. The number of aliphatic hydroxyl groups is 1. The van der Waals surface area contributed by atoms with Crippen LogP contribution >= 0.6 is 0 Å². The number of amides is 1. The molecule has 0 aromatic carbocycles. The van der Waals surface area contributed by atoms with Gasteiger partial charge in [0.25, 0.3) is 11.5 Å². The number of aromatic amines is 1. The van der Waals surface area contributed by atoms with Gasteiger partial charge in [0.15, 0.2) is 0 Å². The van der Waals surface area contributed by atoms with E-state index in [4.69, 9.17) is 0 Å². The molecule has 0 bridgehead atoms. The first-order valence-electron chi connectivity index (χ1n) is 6.39. The van der Waals surface area contributed by atoms with E-state index in [1.165, 1.54) is 0 Å². The van der Waals surface area contributed by atoms with Crippen molar-refractivity contribution < 1.29 is 9.90 Å². The van der Waals surface area contributed by atoms with Gasteiger partial charge >= 0.3 is 0 Å². The highest BCUT2D eigenvalue weighted by Gasteiger charge is 2.28. The van der Waals surface area contributed by atoms with E-state index in [2.05, 4.69) is 15.3 Å². The maximum absolute atomic E-state index is 11.9. The van der Waals surface area contributed by atoms with Crippen LogP contribution in [0.2, 0.25) is 0 Å². The van der Waals surface area contributed by atoms with Crippen LogP contribution in [-0.2, 0) is 0 Å². The highest BCUT2D eigenvalue weighted by atomic mass is 16.3. The summed E-state index contributed by atoms with van der Waals surface area (Å²) in [6.07, 6.45) is 2.07. The lowest BCUT2D eigenvalue weighted by molar-refractivity contribution is 0.0693. The summed E-state index contributed by atoms with van der Waals surface area (Å²) in [6.45, 7) is 4.90. The van der Waals surface area contributed by atoms with Crippen molar-refractivity contribution in [2.24, 2.45) is 0 Å². The average molecular weight is 265 g/mol. The normalized spacial score (nSPS) is 15.4. The average Bonchev–Trinajstić information content (AvgIpc) is 3.07. The Morgan fingerprint density at radius 2 is 2.16 bits per heavy atom. The minimum atomic E-state index is -1.02. The Kier molecular flexibility index (Phi) is 3.45. The molecular formula is C13H19N3O3. The van der Waals surface area contributed by atoms with Gasteiger partial charge in [-0.15, -0.1) is 0 Å². The number of H-pyrrole nitrogens is 1. The number of rotatable bonds is 4. The topological polar surface area (TPSA) is 95.1 Å². The molecule has 1 saturated carbocycles. The maximum atomic E-state index is 11.9. The summed E-state index contributed by atoms with van der Waals surface area (Å²) in [5.41, 5.74) is -0.979. The first-order valence-corrected chi connectivity index (χ1v) is 6.39. The number of nitrogens with zero attached hydrogens (tertiary/aromatic N) is 1. The van der Waals surface area contributed by atoms with Gasteiger partial charge < -0.3 is 15.4 Å². The third-order valence-electron chi connectivity index (χ3n) is 2.99. The number of nitrogens with one attached hydrogen (secondary N) is 2. The van der Waals surface area contributed by atoms with Gasteiger partial charge in [0.1, 0.15) is 11.4 Å². The molecule has 0 aliphatic heterocycles. The lowest BCUT2D eigenvalue weighted by Gasteiger charge is -2.17. The molecule has 104 valence electrons. The Bertz CT molecular complexity index is 553. The largest absolute Gasteiger partial charge is 0.389 e. The minimum Gasteiger partial charge on any atom is -0.389 e. The van der Waals surface area contributed by atoms with Crippen molar-refractivity contribution in [3.63, 3.8) is 0 Å². The smallest absolute Gasteiger partial charge is 0.264 e. The van der Waals surface area contributed by atoms with Crippen molar-refractivity contribution in [3.05, 3.63) is 27.4 Å². The molecule has 1 aliphatic rings. The van der Waals surface area contributed by atoms with Crippen LogP contribution in [-0.4, -0.2) is 33.1 Å². The van der Waals surface area contributed by atoms with Crippen molar-refractivity contribution in [2.75, 3.05) is 6.54 Å². The summed E-state index contributed by atoms with van der Waals surface area (Å²) in [7, 11) is 0. The summed E-state index contributed by atoms with van der Waals surface area (Å²) in [5, 5.41) is 12.1. The van der Waals surface area contributed by atoms with E-state index in [9.17, 15) is 14.7 Å². The molecule has 0 radical (unpaired) electrons. The highest BCUT2D eigenvalue weighted by molar-refractivity contribution is 5.94. The fourth-order valence-corrected chi connectivity index (χ4v) is 1.81. The summed E-state index contributed by atoms with van der Waals surface area (Å²) in [6, 6.07) is 0. The van der Waals surface area contributed by atoms with Crippen molar-refractivity contribution in [3.8, 4) is 0 Å². The fourth-order valence-electron chi connectivity index (χ4n) is 1.81. The number of aromatic nitrogens is 2. The van der Waals surface area contributed by atoms with Crippen LogP contribution < -0.4 is 10.9 Å². The predicted octanol–water partition coefficient (Wildman–Crippen LogP) is 0.456. The van der Waals surface area contributed by atoms with Crippen LogP contribution in [0.4, 0.5) is 0 Å². The molecule has 1 aromatic heterocycles. The minimum absolute atomic E-state index is 0.0219. The predicted molar refractivity (Wildman–Crippen MR) is 70.2 cm³/mol. The van der Waals surface area contributed by atoms with Gasteiger partial charge in [0.2, 0.25) is 0 Å². The first-order chi connectivity index (χ1) is 8.78. The Morgan fingerprint density at radius 3 is 2.63 bits per heavy atom. The molecule has 0 atom stereocenters. The van der Waals surface area contributed by atoms with Crippen molar-refractivity contribution in [2.45, 2.75) is 45.1 Å². The Balaban J connectivity index is 2.20. The standard InChI is InChI=1S/C13H19N3O3/c1-7-9(11(17)14-6-13(2,3)19)12(18)16-10(15-7)8-4-5-8/h8,19H,4-6H2,1-3H3,(H,14,17)(H,15,16,18). The molecule has 6 nitrogen and oxygen atoms in total. The van der Waals surface area contributed by atoms with Crippen molar-refractivity contribution in [1.82, 2.24) is 15.3 Å². The number of carbonyl (C=O) groups excluding carboxylic acids is 1.